The first kappa shape index (κ1) is 19.6. The number of amides is 1. The summed E-state index contributed by atoms with van der Waals surface area (Å²) < 4.78 is 37.5. The van der Waals surface area contributed by atoms with Crippen LogP contribution in [-0.4, -0.2) is 56.5 Å². The largest absolute Gasteiger partial charge is 0.497 e. The Labute approximate surface area is 162 Å². The lowest BCUT2D eigenvalue weighted by atomic mass is 10.1. The van der Waals surface area contributed by atoms with Gasteiger partial charge in [-0.2, -0.15) is 0 Å². The SMILES string of the molecule is COc1cccc(NC(=O)C(C)OC(=O)C2=CC=CN3CCS(=O)(=O)N=C23)c1. The van der Waals surface area contributed by atoms with Gasteiger partial charge in [0.05, 0.1) is 12.9 Å². The second kappa shape index (κ2) is 7.85. The van der Waals surface area contributed by atoms with Crippen molar-refractivity contribution in [2.75, 3.05) is 24.7 Å². The zero-order valence-corrected chi connectivity index (χ0v) is 16.1. The van der Waals surface area contributed by atoms with Crippen molar-refractivity contribution in [3.05, 3.63) is 48.2 Å². The van der Waals surface area contributed by atoms with Gasteiger partial charge in [-0.1, -0.05) is 6.07 Å². The molecule has 1 N–H and O–H groups in total. The number of carbonyl (C=O) groups is 2. The summed E-state index contributed by atoms with van der Waals surface area (Å²) in [5.74, 6) is -0.942. The average Bonchev–Trinajstić information content (AvgIpc) is 2.66. The Kier molecular flexibility index (Phi) is 5.50. The number of nitrogens with zero attached hydrogens (tertiary/aromatic N) is 2. The Morgan fingerprint density at radius 3 is 2.86 bits per heavy atom. The fourth-order valence-corrected chi connectivity index (χ4v) is 3.58. The third-order valence-corrected chi connectivity index (χ3v) is 5.22. The van der Waals surface area contributed by atoms with Crippen molar-refractivity contribution in [2.24, 2.45) is 4.40 Å². The van der Waals surface area contributed by atoms with Crippen LogP contribution in [0.3, 0.4) is 0 Å². The molecule has 0 spiro atoms. The Bertz CT molecular complexity index is 996. The van der Waals surface area contributed by atoms with Gasteiger partial charge in [-0.15, -0.1) is 4.40 Å². The van der Waals surface area contributed by atoms with Gasteiger partial charge in [0, 0.05) is 24.5 Å². The van der Waals surface area contributed by atoms with E-state index in [1.54, 1.807) is 41.4 Å². The fraction of sp³-hybridized carbons (Fsp3) is 0.278. The van der Waals surface area contributed by atoms with Gasteiger partial charge in [0.15, 0.2) is 11.9 Å². The number of allylic oxidation sites excluding steroid dienone is 2. The first-order chi connectivity index (χ1) is 13.3. The molecular weight excluding hydrogens is 386 g/mol. The molecule has 0 fully saturated rings. The van der Waals surface area contributed by atoms with Crippen molar-refractivity contribution < 1.29 is 27.5 Å². The number of hydrogen-bond donors (Lipinski definition) is 1. The lowest BCUT2D eigenvalue weighted by molar-refractivity contribution is -0.148. The van der Waals surface area contributed by atoms with Crippen molar-refractivity contribution in [3.63, 3.8) is 0 Å². The first-order valence-electron chi connectivity index (χ1n) is 8.43. The van der Waals surface area contributed by atoms with Crippen LogP contribution in [0, 0.1) is 0 Å². The smallest absolute Gasteiger partial charge is 0.342 e. The molecule has 1 aromatic carbocycles. The highest BCUT2D eigenvalue weighted by molar-refractivity contribution is 7.90. The van der Waals surface area contributed by atoms with Gasteiger partial charge < -0.3 is 19.7 Å². The fourth-order valence-electron chi connectivity index (χ4n) is 2.60. The summed E-state index contributed by atoms with van der Waals surface area (Å²) in [5.41, 5.74) is 0.466. The lowest BCUT2D eigenvalue weighted by Crippen LogP contribution is -2.41. The van der Waals surface area contributed by atoms with Crippen LogP contribution in [0.25, 0.3) is 0 Å². The average molecular weight is 405 g/mol. The molecule has 1 atom stereocenters. The number of benzene rings is 1. The molecule has 0 radical (unpaired) electrons. The molecule has 2 aliphatic heterocycles. The second-order valence-electron chi connectivity index (χ2n) is 6.08. The van der Waals surface area contributed by atoms with Crippen molar-refractivity contribution in [3.8, 4) is 5.75 Å². The van der Waals surface area contributed by atoms with Crippen molar-refractivity contribution in [2.45, 2.75) is 13.0 Å². The van der Waals surface area contributed by atoms with Crippen LogP contribution < -0.4 is 10.1 Å². The number of anilines is 1. The number of fused-ring (bicyclic) bond motifs is 1. The molecule has 148 valence electrons. The van der Waals surface area contributed by atoms with Crippen molar-refractivity contribution in [1.82, 2.24) is 4.90 Å². The van der Waals surface area contributed by atoms with Gasteiger partial charge in [0.2, 0.25) is 0 Å². The third kappa shape index (κ3) is 4.39. The number of carbonyl (C=O) groups excluding carboxylic acids is 2. The van der Waals surface area contributed by atoms with Gasteiger partial charge >= 0.3 is 5.97 Å². The molecule has 0 bridgehead atoms. The molecule has 3 rings (SSSR count). The van der Waals surface area contributed by atoms with Crippen LogP contribution in [0.5, 0.6) is 5.75 Å². The van der Waals surface area contributed by atoms with Crippen LogP contribution in [-0.2, 0) is 24.3 Å². The number of ether oxygens (including phenoxy) is 2. The van der Waals surface area contributed by atoms with Gasteiger partial charge in [0.1, 0.15) is 11.3 Å². The van der Waals surface area contributed by atoms with Gasteiger partial charge in [0.25, 0.3) is 15.9 Å². The number of nitrogens with one attached hydrogen (secondary N) is 1. The number of methoxy groups -OCH3 is 1. The number of rotatable bonds is 5. The molecule has 1 aromatic rings. The minimum atomic E-state index is -3.64. The molecule has 0 aliphatic carbocycles. The van der Waals surface area contributed by atoms with E-state index in [2.05, 4.69) is 9.71 Å². The molecule has 10 heteroatoms. The molecule has 0 saturated carbocycles. The summed E-state index contributed by atoms with van der Waals surface area (Å²) in [6, 6.07) is 6.73. The Morgan fingerprint density at radius 2 is 2.11 bits per heavy atom. The predicted octanol–water partition coefficient (Wildman–Crippen LogP) is 1.06. The van der Waals surface area contributed by atoms with E-state index in [9.17, 15) is 18.0 Å². The van der Waals surface area contributed by atoms with Gasteiger partial charge in [-0.3, -0.25) is 4.79 Å². The Balaban J connectivity index is 1.69. The minimum absolute atomic E-state index is 0.000783. The Morgan fingerprint density at radius 1 is 1.32 bits per heavy atom. The minimum Gasteiger partial charge on any atom is -0.497 e. The summed E-state index contributed by atoms with van der Waals surface area (Å²) in [6.45, 7) is 1.61. The molecular formula is C18H19N3O6S. The standard InChI is InChI=1S/C18H19N3O6S/c1-12(17(22)19-13-5-3-6-14(11-13)26-2)27-18(23)15-7-4-8-21-9-10-28(24,25)20-16(15)21/h3-8,11-12H,9-10H2,1-2H3,(H,19,22). The highest BCUT2D eigenvalue weighted by Crippen LogP contribution is 2.20. The monoisotopic (exact) mass is 405 g/mol. The van der Waals surface area contributed by atoms with Crippen LogP contribution in [0.4, 0.5) is 5.69 Å². The molecule has 9 nitrogen and oxygen atoms in total. The van der Waals surface area contributed by atoms with Gasteiger partial charge in [-0.25, -0.2) is 13.2 Å². The van der Waals surface area contributed by atoms with Crippen LogP contribution >= 0.6 is 0 Å². The first-order valence-corrected chi connectivity index (χ1v) is 10.0. The highest BCUT2D eigenvalue weighted by Gasteiger charge is 2.32. The predicted molar refractivity (Wildman–Crippen MR) is 102 cm³/mol. The Hall–Kier alpha value is -3.14. The topological polar surface area (TPSA) is 114 Å². The maximum absolute atomic E-state index is 12.5. The van der Waals surface area contributed by atoms with Gasteiger partial charge in [-0.05, 0) is 31.2 Å². The molecule has 2 aliphatic rings. The third-order valence-electron chi connectivity index (χ3n) is 4.07. The normalized spacial score (nSPS) is 18.3. The van der Waals surface area contributed by atoms with E-state index < -0.39 is 28.0 Å². The summed E-state index contributed by atoms with van der Waals surface area (Å²) in [7, 11) is -2.13. The molecule has 2 heterocycles. The zero-order valence-electron chi connectivity index (χ0n) is 15.3. The van der Waals surface area contributed by atoms with Crippen molar-refractivity contribution in [1.29, 1.82) is 0 Å². The number of hydrogen-bond acceptors (Lipinski definition) is 7. The maximum atomic E-state index is 12.5. The molecule has 1 amide bonds. The van der Waals surface area contributed by atoms with E-state index in [0.717, 1.165) is 0 Å². The quantitative estimate of drug-likeness (QED) is 0.729. The maximum Gasteiger partial charge on any atom is 0.342 e. The number of amidine groups is 1. The summed E-state index contributed by atoms with van der Waals surface area (Å²) in [4.78, 5) is 26.4. The van der Waals surface area contributed by atoms with E-state index >= 15 is 0 Å². The second-order valence-corrected chi connectivity index (χ2v) is 7.84. The summed E-state index contributed by atoms with van der Waals surface area (Å²) in [6.07, 6.45) is 3.52. The van der Waals surface area contributed by atoms with E-state index in [0.29, 0.717) is 11.4 Å². The molecule has 1 unspecified atom stereocenters. The number of esters is 1. The van der Waals surface area contributed by atoms with E-state index in [4.69, 9.17) is 9.47 Å². The highest BCUT2D eigenvalue weighted by atomic mass is 32.2. The van der Waals surface area contributed by atoms with Crippen LogP contribution in [0.15, 0.2) is 52.6 Å². The van der Waals surface area contributed by atoms with Crippen LogP contribution in [0.2, 0.25) is 0 Å². The summed E-state index contributed by atoms with van der Waals surface area (Å²) >= 11 is 0. The van der Waals surface area contributed by atoms with E-state index in [-0.39, 0.29) is 23.7 Å². The van der Waals surface area contributed by atoms with E-state index in [1.165, 1.54) is 20.1 Å². The van der Waals surface area contributed by atoms with E-state index in [1.807, 2.05) is 0 Å². The van der Waals surface area contributed by atoms with Crippen LogP contribution in [0.1, 0.15) is 6.92 Å². The molecule has 28 heavy (non-hydrogen) atoms. The van der Waals surface area contributed by atoms with Crippen molar-refractivity contribution >= 4 is 33.4 Å². The number of sulfonamides is 1. The summed E-state index contributed by atoms with van der Waals surface area (Å²) in [5, 5.41) is 2.63. The molecule has 0 saturated heterocycles. The lowest BCUT2D eigenvalue weighted by Gasteiger charge is -2.28. The molecule has 0 aromatic heterocycles. The zero-order chi connectivity index (χ0) is 20.3.